The molecule has 0 aliphatic rings. The van der Waals surface area contributed by atoms with E-state index < -0.39 is 23.9 Å². The summed E-state index contributed by atoms with van der Waals surface area (Å²) in [6, 6.07) is 14.1. The van der Waals surface area contributed by atoms with Gasteiger partial charge in [0.2, 0.25) is 0 Å². The van der Waals surface area contributed by atoms with Gasteiger partial charge in [-0.05, 0) is 24.0 Å². The van der Waals surface area contributed by atoms with Crippen molar-refractivity contribution in [3.63, 3.8) is 0 Å². The Labute approximate surface area is 190 Å². The maximum atomic E-state index is 12.9. The zero-order valence-corrected chi connectivity index (χ0v) is 18.4. The molecule has 1 unspecified atom stereocenters. The highest BCUT2D eigenvalue weighted by molar-refractivity contribution is 6.05. The summed E-state index contributed by atoms with van der Waals surface area (Å²) in [4.78, 5) is 49.6. The summed E-state index contributed by atoms with van der Waals surface area (Å²) in [6.07, 6.45) is 0.327. The Kier molecular flexibility index (Phi) is 7.39. The van der Waals surface area contributed by atoms with Crippen LogP contribution in [0.5, 0.6) is 0 Å². The summed E-state index contributed by atoms with van der Waals surface area (Å²) in [7, 11) is 0. The van der Waals surface area contributed by atoms with Crippen molar-refractivity contribution in [1.29, 1.82) is 0 Å². The lowest BCUT2D eigenvalue weighted by atomic mass is 10.0. The number of hydrogen-bond donors (Lipinski definition) is 4. The Balaban J connectivity index is 1.87. The first-order valence-corrected chi connectivity index (χ1v) is 10.5. The first-order chi connectivity index (χ1) is 15.8. The number of rotatable bonds is 7. The highest BCUT2D eigenvalue weighted by atomic mass is 16.2. The second kappa shape index (κ2) is 10.4. The van der Waals surface area contributed by atoms with Gasteiger partial charge in [0.1, 0.15) is 6.04 Å². The second-order valence-electron chi connectivity index (χ2n) is 7.98. The van der Waals surface area contributed by atoms with Crippen LogP contribution in [0, 0.1) is 5.92 Å². The number of hydrogen-bond acceptors (Lipinski definition) is 5. The van der Waals surface area contributed by atoms with Crippen molar-refractivity contribution in [2.24, 2.45) is 11.7 Å². The standard InChI is InChI=1S/C23H26N6O4/c1-14(2)12-18(25-23(24)33)20(30)26-27-21(31)19-16-10-6-7-11-17(16)22(32)29(28-19)13-15-8-4-3-5-9-15/h3-11,14,18H,12-13H2,1-2H3,(H,26,30)(H,27,31)(H3,24,25,33). The van der Waals surface area contributed by atoms with Crippen LogP contribution in [0.3, 0.4) is 0 Å². The average molecular weight is 450 g/mol. The zero-order valence-electron chi connectivity index (χ0n) is 18.4. The third-order valence-corrected chi connectivity index (χ3v) is 4.90. The SMILES string of the molecule is CC(C)CC(NC(N)=O)C(=O)NNC(=O)c1nn(Cc2ccccc2)c(=O)c2ccccc12. The molecule has 10 nitrogen and oxygen atoms in total. The average Bonchev–Trinajstić information content (AvgIpc) is 2.78. The molecule has 0 radical (unpaired) electrons. The first kappa shape index (κ1) is 23.5. The molecule has 5 N–H and O–H groups in total. The molecule has 4 amide bonds. The number of benzene rings is 2. The molecule has 33 heavy (non-hydrogen) atoms. The number of nitrogens with zero attached hydrogens (tertiary/aromatic N) is 2. The van der Waals surface area contributed by atoms with Gasteiger partial charge >= 0.3 is 6.03 Å². The second-order valence-corrected chi connectivity index (χ2v) is 7.98. The molecule has 0 aliphatic carbocycles. The molecule has 172 valence electrons. The number of nitrogens with one attached hydrogen (secondary N) is 3. The highest BCUT2D eigenvalue weighted by Gasteiger charge is 2.23. The van der Waals surface area contributed by atoms with Gasteiger partial charge in [-0.2, -0.15) is 5.10 Å². The number of primary amides is 1. The van der Waals surface area contributed by atoms with Crippen molar-refractivity contribution in [3.05, 3.63) is 76.2 Å². The minimum absolute atomic E-state index is 0.0234. The summed E-state index contributed by atoms with van der Waals surface area (Å²) in [6.45, 7) is 3.94. The van der Waals surface area contributed by atoms with Gasteiger partial charge in [0.25, 0.3) is 17.4 Å². The van der Waals surface area contributed by atoms with E-state index in [9.17, 15) is 19.2 Å². The molecular weight excluding hydrogens is 424 g/mol. The van der Waals surface area contributed by atoms with Crippen LogP contribution < -0.4 is 27.5 Å². The van der Waals surface area contributed by atoms with Crippen LogP contribution in [-0.4, -0.2) is 33.7 Å². The fraction of sp³-hybridized carbons (Fsp3) is 0.261. The lowest BCUT2D eigenvalue weighted by Crippen LogP contribution is -2.53. The number of carbonyl (C=O) groups excluding carboxylic acids is 3. The Morgan fingerprint density at radius 1 is 0.970 bits per heavy atom. The fourth-order valence-corrected chi connectivity index (χ4v) is 3.41. The van der Waals surface area contributed by atoms with E-state index in [1.165, 1.54) is 4.68 Å². The van der Waals surface area contributed by atoms with E-state index in [1.54, 1.807) is 24.3 Å². The Hall–Kier alpha value is -4.21. The molecule has 1 atom stereocenters. The number of amides is 4. The predicted octanol–water partition coefficient (Wildman–Crippen LogP) is 1.29. The smallest absolute Gasteiger partial charge is 0.312 e. The molecule has 0 saturated heterocycles. The lowest BCUT2D eigenvalue weighted by molar-refractivity contribution is -0.124. The Bertz CT molecular complexity index is 1220. The van der Waals surface area contributed by atoms with E-state index in [2.05, 4.69) is 21.3 Å². The summed E-state index contributed by atoms with van der Waals surface area (Å²) >= 11 is 0. The molecule has 10 heteroatoms. The molecule has 3 aromatic rings. The molecule has 0 bridgehead atoms. The van der Waals surface area contributed by atoms with E-state index in [-0.39, 0.29) is 23.7 Å². The normalized spacial score (nSPS) is 11.7. The fourth-order valence-electron chi connectivity index (χ4n) is 3.41. The van der Waals surface area contributed by atoms with Crippen LogP contribution >= 0.6 is 0 Å². The molecule has 2 aromatic carbocycles. The van der Waals surface area contributed by atoms with Gasteiger partial charge in [-0.25, -0.2) is 9.48 Å². The summed E-state index contributed by atoms with van der Waals surface area (Å²) in [5.74, 6) is -1.24. The molecule has 1 heterocycles. The number of fused-ring (bicyclic) bond motifs is 1. The number of aromatic nitrogens is 2. The van der Waals surface area contributed by atoms with Gasteiger partial charge in [0, 0.05) is 5.39 Å². The molecule has 0 aliphatic heterocycles. The number of hydrazine groups is 1. The van der Waals surface area contributed by atoms with Gasteiger partial charge < -0.3 is 11.1 Å². The van der Waals surface area contributed by atoms with Crippen molar-refractivity contribution in [2.45, 2.75) is 32.9 Å². The minimum Gasteiger partial charge on any atom is -0.352 e. The highest BCUT2D eigenvalue weighted by Crippen LogP contribution is 2.14. The number of nitrogens with two attached hydrogens (primary N) is 1. The molecule has 0 saturated carbocycles. The topological polar surface area (TPSA) is 148 Å². The van der Waals surface area contributed by atoms with Crippen LogP contribution in [-0.2, 0) is 11.3 Å². The van der Waals surface area contributed by atoms with Crippen molar-refractivity contribution >= 4 is 28.6 Å². The van der Waals surface area contributed by atoms with Crippen LogP contribution in [0.4, 0.5) is 4.79 Å². The maximum absolute atomic E-state index is 12.9. The summed E-state index contributed by atoms with van der Waals surface area (Å²) in [5.41, 5.74) is 10.3. The molecule has 0 spiro atoms. The summed E-state index contributed by atoms with van der Waals surface area (Å²) < 4.78 is 1.21. The van der Waals surface area contributed by atoms with E-state index >= 15 is 0 Å². The molecule has 0 fully saturated rings. The molecule has 1 aromatic heterocycles. The Morgan fingerprint density at radius 3 is 2.24 bits per heavy atom. The lowest BCUT2D eigenvalue weighted by Gasteiger charge is -2.19. The van der Waals surface area contributed by atoms with Gasteiger partial charge in [0.15, 0.2) is 5.69 Å². The van der Waals surface area contributed by atoms with Crippen molar-refractivity contribution in [2.75, 3.05) is 0 Å². The maximum Gasteiger partial charge on any atom is 0.312 e. The minimum atomic E-state index is -0.917. The van der Waals surface area contributed by atoms with Crippen LogP contribution in [0.2, 0.25) is 0 Å². The predicted molar refractivity (Wildman–Crippen MR) is 123 cm³/mol. The zero-order chi connectivity index (χ0) is 24.0. The third-order valence-electron chi connectivity index (χ3n) is 4.90. The largest absolute Gasteiger partial charge is 0.352 e. The van der Waals surface area contributed by atoms with Gasteiger partial charge in [0.05, 0.1) is 11.9 Å². The van der Waals surface area contributed by atoms with E-state index in [0.717, 1.165) is 5.56 Å². The van der Waals surface area contributed by atoms with Gasteiger partial charge in [-0.15, -0.1) is 0 Å². The van der Waals surface area contributed by atoms with Crippen molar-refractivity contribution in [1.82, 2.24) is 25.9 Å². The summed E-state index contributed by atoms with van der Waals surface area (Å²) in [5, 5.41) is 7.31. The quantitative estimate of drug-likeness (QED) is 0.400. The van der Waals surface area contributed by atoms with E-state index in [1.807, 2.05) is 44.2 Å². The van der Waals surface area contributed by atoms with Gasteiger partial charge in [-0.3, -0.25) is 25.2 Å². The number of urea groups is 1. The number of carbonyl (C=O) groups is 3. The van der Waals surface area contributed by atoms with Crippen LogP contribution in [0.25, 0.3) is 10.8 Å². The van der Waals surface area contributed by atoms with Crippen LogP contribution in [0.1, 0.15) is 36.3 Å². The van der Waals surface area contributed by atoms with Crippen molar-refractivity contribution < 1.29 is 14.4 Å². The van der Waals surface area contributed by atoms with Gasteiger partial charge in [-0.1, -0.05) is 62.4 Å². The molecular formula is C23H26N6O4. The molecule has 3 rings (SSSR count). The van der Waals surface area contributed by atoms with Crippen LogP contribution in [0.15, 0.2) is 59.4 Å². The van der Waals surface area contributed by atoms with E-state index in [4.69, 9.17) is 5.73 Å². The van der Waals surface area contributed by atoms with E-state index in [0.29, 0.717) is 17.2 Å². The Morgan fingerprint density at radius 2 is 1.61 bits per heavy atom. The first-order valence-electron chi connectivity index (χ1n) is 10.5. The third kappa shape index (κ3) is 5.94. The monoisotopic (exact) mass is 450 g/mol. The van der Waals surface area contributed by atoms with Crippen molar-refractivity contribution in [3.8, 4) is 0 Å².